The summed E-state index contributed by atoms with van der Waals surface area (Å²) in [7, 11) is 0. The van der Waals surface area contributed by atoms with Gasteiger partial charge < -0.3 is 5.11 Å². The third-order valence-corrected chi connectivity index (χ3v) is 5.92. The van der Waals surface area contributed by atoms with Gasteiger partial charge in [0.1, 0.15) is 11.6 Å². The molecule has 4 aliphatic rings. The van der Waals surface area contributed by atoms with E-state index in [1.54, 1.807) is 0 Å². The molecule has 0 aromatic heterocycles. The highest BCUT2D eigenvalue weighted by molar-refractivity contribution is 5.24. The monoisotopic (exact) mass is 278 g/mol. The number of hydrogen-bond donors (Lipinski definition) is 1. The lowest BCUT2D eigenvalue weighted by Crippen LogP contribution is -2.49. The number of aliphatic hydroxyl groups is 1. The molecular weight excluding hydrogens is 258 g/mol. The summed E-state index contributed by atoms with van der Waals surface area (Å²) in [5.41, 5.74) is -0.0458. The smallest absolute Gasteiger partial charge is 0.129 e. The Morgan fingerprint density at radius 3 is 2.10 bits per heavy atom. The van der Waals surface area contributed by atoms with E-state index in [0.717, 1.165) is 31.4 Å². The minimum atomic E-state index is -0.855. The average molecular weight is 278 g/mol. The van der Waals surface area contributed by atoms with Crippen LogP contribution in [0.5, 0.6) is 0 Å². The second-order valence-corrected chi connectivity index (χ2v) is 7.35. The molecule has 3 heteroatoms. The highest BCUT2D eigenvalue weighted by Crippen LogP contribution is 2.64. The topological polar surface area (TPSA) is 20.2 Å². The van der Waals surface area contributed by atoms with Gasteiger partial charge in [0.2, 0.25) is 0 Å². The molecule has 0 saturated heterocycles. The van der Waals surface area contributed by atoms with E-state index in [-0.39, 0.29) is 11.0 Å². The van der Waals surface area contributed by atoms with Crippen LogP contribution >= 0.6 is 0 Å². The van der Waals surface area contributed by atoms with E-state index < -0.39 is 17.7 Å². The summed E-state index contributed by atoms with van der Waals surface area (Å²) in [5.74, 6) is 1.12. The third kappa shape index (κ3) is 1.82. The van der Waals surface area contributed by atoms with Crippen LogP contribution in [-0.2, 0) is 0 Å². The summed E-state index contributed by atoms with van der Waals surface area (Å²) in [4.78, 5) is 0. The van der Waals surface area contributed by atoms with Gasteiger partial charge in [0.25, 0.3) is 0 Å². The summed E-state index contributed by atoms with van der Waals surface area (Å²) < 4.78 is 27.4. The molecule has 1 nitrogen and oxygen atoms in total. The maximum absolute atomic E-state index is 14.0. The first-order valence-corrected chi connectivity index (χ1v) is 7.69. The van der Waals surface area contributed by atoms with Gasteiger partial charge in [-0.15, -0.1) is 0 Å². The molecule has 108 valence electrons. The molecule has 4 fully saturated rings. The van der Waals surface area contributed by atoms with Crippen LogP contribution in [0.1, 0.15) is 50.2 Å². The van der Waals surface area contributed by atoms with Gasteiger partial charge in [0, 0.05) is 11.0 Å². The molecule has 0 radical (unpaired) electrons. The summed E-state index contributed by atoms with van der Waals surface area (Å²) in [6.07, 6.45) is 5.92. The summed E-state index contributed by atoms with van der Waals surface area (Å²) in [6.45, 7) is 0. The molecule has 1 aromatic carbocycles. The quantitative estimate of drug-likeness (QED) is 0.859. The number of hydrogen-bond acceptors (Lipinski definition) is 1. The molecule has 1 N–H and O–H groups in total. The molecule has 1 aromatic rings. The van der Waals surface area contributed by atoms with Crippen LogP contribution in [0, 0.1) is 34.8 Å². The van der Waals surface area contributed by atoms with E-state index in [4.69, 9.17) is 0 Å². The molecular formula is C17H20F2O. The molecule has 5 rings (SSSR count). The Balaban J connectivity index is 1.71. The fourth-order valence-corrected chi connectivity index (χ4v) is 5.57. The number of benzene rings is 1. The number of halogens is 2. The van der Waals surface area contributed by atoms with Crippen molar-refractivity contribution >= 4 is 0 Å². The van der Waals surface area contributed by atoms with Crippen molar-refractivity contribution in [2.45, 2.75) is 44.6 Å². The Labute approximate surface area is 118 Å². The van der Waals surface area contributed by atoms with Gasteiger partial charge in [-0.3, -0.25) is 0 Å². The zero-order valence-electron chi connectivity index (χ0n) is 11.5. The molecule has 4 saturated carbocycles. The van der Waals surface area contributed by atoms with Crippen LogP contribution in [0.25, 0.3) is 0 Å². The first-order chi connectivity index (χ1) is 9.56. The maximum atomic E-state index is 14.0. The molecule has 20 heavy (non-hydrogen) atoms. The first-order valence-electron chi connectivity index (χ1n) is 7.69. The van der Waals surface area contributed by atoms with E-state index in [1.807, 2.05) is 0 Å². The Kier molecular flexibility index (Phi) is 2.72. The summed E-state index contributed by atoms with van der Waals surface area (Å²) in [5, 5.41) is 10.8. The van der Waals surface area contributed by atoms with Crippen molar-refractivity contribution in [1.82, 2.24) is 0 Å². The molecule has 0 spiro atoms. The molecule has 4 bridgehead atoms. The van der Waals surface area contributed by atoms with Crippen LogP contribution in [-0.4, -0.2) is 5.11 Å². The van der Waals surface area contributed by atoms with Crippen molar-refractivity contribution in [2.75, 3.05) is 0 Å². The van der Waals surface area contributed by atoms with Crippen LogP contribution in [0.15, 0.2) is 18.2 Å². The van der Waals surface area contributed by atoms with Crippen molar-refractivity contribution in [2.24, 2.45) is 23.2 Å². The van der Waals surface area contributed by atoms with Gasteiger partial charge in [0.05, 0.1) is 6.10 Å². The van der Waals surface area contributed by atoms with Gasteiger partial charge in [0.15, 0.2) is 0 Å². The van der Waals surface area contributed by atoms with Crippen molar-refractivity contribution < 1.29 is 13.9 Å². The van der Waals surface area contributed by atoms with Crippen molar-refractivity contribution in [3.05, 3.63) is 35.4 Å². The fraction of sp³-hybridized carbons (Fsp3) is 0.647. The minimum Gasteiger partial charge on any atom is -0.388 e. The van der Waals surface area contributed by atoms with Gasteiger partial charge >= 0.3 is 0 Å². The SMILES string of the molecule is OC(c1cc(F)ccc1F)C12CC3CC(CC(C3)C1)C2. The molecule has 0 heterocycles. The maximum Gasteiger partial charge on any atom is 0.129 e. The fourth-order valence-electron chi connectivity index (χ4n) is 5.57. The molecule has 1 atom stereocenters. The Morgan fingerprint density at radius 1 is 1.00 bits per heavy atom. The molecule has 1 unspecified atom stereocenters. The molecule has 0 amide bonds. The average Bonchev–Trinajstić information content (AvgIpc) is 2.39. The van der Waals surface area contributed by atoms with Gasteiger partial charge in [-0.05, 0) is 74.5 Å². The lowest BCUT2D eigenvalue weighted by molar-refractivity contribution is -0.123. The van der Waals surface area contributed by atoms with Crippen LogP contribution in [0.4, 0.5) is 8.78 Å². The van der Waals surface area contributed by atoms with E-state index in [1.165, 1.54) is 25.3 Å². The van der Waals surface area contributed by atoms with Crippen molar-refractivity contribution in [1.29, 1.82) is 0 Å². The lowest BCUT2D eigenvalue weighted by Gasteiger charge is -2.58. The van der Waals surface area contributed by atoms with Crippen LogP contribution in [0.2, 0.25) is 0 Å². The second kappa shape index (κ2) is 4.27. The van der Waals surface area contributed by atoms with Gasteiger partial charge in [-0.25, -0.2) is 8.78 Å². The minimum absolute atomic E-state index is 0.159. The normalized spacial score (nSPS) is 40.0. The molecule has 0 aliphatic heterocycles. The van der Waals surface area contributed by atoms with Crippen molar-refractivity contribution in [3.63, 3.8) is 0 Å². The van der Waals surface area contributed by atoms with Crippen LogP contribution < -0.4 is 0 Å². The third-order valence-electron chi connectivity index (χ3n) is 5.92. The number of aliphatic hydroxyl groups excluding tert-OH is 1. The Bertz CT molecular complexity index is 505. The van der Waals surface area contributed by atoms with Gasteiger partial charge in [-0.2, -0.15) is 0 Å². The van der Waals surface area contributed by atoms with E-state index in [9.17, 15) is 13.9 Å². The van der Waals surface area contributed by atoms with E-state index in [0.29, 0.717) is 17.8 Å². The van der Waals surface area contributed by atoms with E-state index >= 15 is 0 Å². The largest absolute Gasteiger partial charge is 0.388 e. The predicted octanol–water partition coefficient (Wildman–Crippen LogP) is 4.21. The predicted molar refractivity (Wildman–Crippen MR) is 71.9 cm³/mol. The second-order valence-electron chi connectivity index (χ2n) is 7.35. The van der Waals surface area contributed by atoms with Crippen molar-refractivity contribution in [3.8, 4) is 0 Å². The first kappa shape index (κ1) is 12.8. The highest BCUT2D eigenvalue weighted by Gasteiger charge is 2.54. The van der Waals surface area contributed by atoms with Crippen LogP contribution in [0.3, 0.4) is 0 Å². The van der Waals surface area contributed by atoms with Gasteiger partial charge in [-0.1, -0.05) is 0 Å². The standard InChI is InChI=1S/C17H20F2O/c18-13-1-2-15(19)14(6-13)16(20)17-7-10-3-11(8-17)5-12(4-10)9-17/h1-2,6,10-12,16,20H,3-5,7-9H2. The zero-order chi connectivity index (χ0) is 13.9. The summed E-state index contributed by atoms with van der Waals surface area (Å²) >= 11 is 0. The molecule has 4 aliphatic carbocycles. The number of rotatable bonds is 2. The Hall–Kier alpha value is -0.960. The highest BCUT2D eigenvalue weighted by atomic mass is 19.1. The zero-order valence-corrected chi connectivity index (χ0v) is 11.5. The summed E-state index contributed by atoms with van der Waals surface area (Å²) in [6, 6.07) is 3.43. The Morgan fingerprint density at radius 2 is 1.55 bits per heavy atom. The van der Waals surface area contributed by atoms with E-state index in [2.05, 4.69) is 0 Å². The lowest BCUT2D eigenvalue weighted by atomic mass is 9.47.